The average molecular weight is 255 g/mol. The lowest BCUT2D eigenvalue weighted by atomic mass is 10.0. The molecule has 2 aliphatic carbocycles. The first-order valence-corrected chi connectivity index (χ1v) is 6.75. The van der Waals surface area contributed by atoms with Crippen LogP contribution >= 0.6 is 8.25 Å². The molecule has 2 aliphatic rings. The minimum atomic E-state index is -2.87. The van der Waals surface area contributed by atoms with Gasteiger partial charge in [0.15, 0.2) is 0 Å². The summed E-state index contributed by atoms with van der Waals surface area (Å²) in [4.78, 5) is 14.2. The molecule has 0 aromatic heterocycles. The van der Waals surface area contributed by atoms with Crippen LogP contribution in [-0.4, -0.2) is 9.79 Å². The van der Waals surface area contributed by atoms with Crippen molar-refractivity contribution in [2.75, 3.05) is 0 Å². The Balaban J connectivity index is -0.000000154. The van der Waals surface area contributed by atoms with Crippen molar-refractivity contribution in [2.45, 2.75) is 64.2 Å². The number of hydrogen-bond acceptors (Lipinski definition) is 3. The Hall–Kier alpha value is -0.0600. The molecule has 0 spiro atoms. The Morgan fingerprint density at radius 2 is 0.625 bits per heavy atom. The summed E-state index contributed by atoms with van der Waals surface area (Å²) in [6.45, 7) is 0. The lowest BCUT2D eigenvalue weighted by molar-refractivity contribution is 0.405. The van der Waals surface area contributed by atoms with Gasteiger partial charge in [0, 0.05) is 4.57 Å². The molecule has 5 nitrogen and oxygen atoms in total. The Bertz CT molecular complexity index is 121. The van der Waals surface area contributed by atoms with E-state index >= 15 is 0 Å². The fourth-order valence-electron chi connectivity index (χ4n) is 1.31. The van der Waals surface area contributed by atoms with E-state index in [4.69, 9.17) is 14.4 Å². The Morgan fingerprint density at radius 3 is 0.688 bits per heavy atom. The molecule has 2 saturated carbocycles. The summed E-state index contributed by atoms with van der Waals surface area (Å²) < 4.78 is 8.70. The van der Waals surface area contributed by atoms with E-state index in [0.29, 0.717) is 0 Å². The molecule has 8 N–H and O–H groups in total. The second-order valence-electron chi connectivity index (χ2n) is 3.79. The molecule has 0 amide bonds. The van der Waals surface area contributed by atoms with Crippen molar-refractivity contribution >= 4 is 8.25 Å². The van der Waals surface area contributed by atoms with Crippen LogP contribution in [0.5, 0.6) is 0 Å². The van der Waals surface area contributed by atoms with Gasteiger partial charge in [0.05, 0.1) is 0 Å². The zero-order chi connectivity index (χ0) is 10.6. The van der Waals surface area contributed by atoms with Crippen molar-refractivity contribution in [2.24, 2.45) is 0 Å². The van der Waals surface area contributed by atoms with Crippen LogP contribution < -0.4 is 12.3 Å². The van der Waals surface area contributed by atoms with Crippen LogP contribution in [0.4, 0.5) is 0 Å². The van der Waals surface area contributed by atoms with Gasteiger partial charge in [0.2, 0.25) is 0 Å². The molecule has 2 rings (SSSR count). The van der Waals surface area contributed by atoms with Crippen molar-refractivity contribution in [3.8, 4) is 0 Å². The van der Waals surface area contributed by atoms with E-state index in [9.17, 15) is 0 Å². The van der Waals surface area contributed by atoms with Gasteiger partial charge in [-0.05, 0) is 0 Å². The predicted octanol–water partition coefficient (Wildman–Crippen LogP) is 3.85. The third-order valence-electron chi connectivity index (χ3n) is 2.50. The molecule has 0 aliphatic heterocycles. The highest BCUT2D eigenvalue weighted by Crippen LogP contribution is 2.15. The summed E-state index contributed by atoms with van der Waals surface area (Å²) in [5, 5.41) is 0. The Kier molecular flexibility index (Phi) is 23.0. The lowest BCUT2D eigenvalue weighted by Gasteiger charge is -2.05. The molecule has 0 saturated heterocycles. The van der Waals surface area contributed by atoms with Crippen molar-refractivity contribution in [1.82, 2.24) is 12.3 Å². The summed E-state index contributed by atoms with van der Waals surface area (Å²) in [6, 6.07) is 0. The molecule has 2 fully saturated rings. The SMILES string of the molecule is C1CCC1.C1CCCCC1.N.N.O=[P+](O)O. The molecule has 0 aromatic carbocycles. The smallest absolute Gasteiger partial charge is 0.344 e. The van der Waals surface area contributed by atoms with Crippen LogP contribution in [0.15, 0.2) is 0 Å². The van der Waals surface area contributed by atoms with Crippen molar-refractivity contribution < 1.29 is 14.4 Å². The Morgan fingerprint density at radius 1 is 0.562 bits per heavy atom. The second-order valence-corrected chi connectivity index (χ2v) is 4.29. The molecule has 16 heavy (non-hydrogen) atoms. The maximum atomic E-state index is 8.70. The van der Waals surface area contributed by atoms with Crippen LogP contribution in [0.1, 0.15) is 64.2 Å². The molecule has 100 valence electrons. The van der Waals surface area contributed by atoms with E-state index in [0.717, 1.165) is 0 Å². The lowest BCUT2D eigenvalue weighted by Crippen LogP contribution is -1.85. The van der Waals surface area contributed by atoms with Gasteiger partial charge in [0.1, 0.15) is 0 Å². The standard InChI is InChI=1S/C6H12.C4H8.2H3N.HO3P/c1-2-4-6-5-3-1;1-2-4-3-1;;;1-4(2)3/h1-6H2;1-4H2;2*1H3;(H-,1,2,3)/p+1. The maximum absolute atomic E-state index is 8.70. The first kappa shape index (κ1) is 21.2. The van der Waals surface area contributed by atoms with Gasteiger partial charge in [-0.25, -0.2) is 0 Å². The van der Waals surface area contributed by atoms with Crippen LogP contribution in [0.3, 0.4) is 0 Å². The van der Waals surface area contributed by atoms with Crippen LogP contribution in [0, 0.1) is 0 Å². The van der Waals surface area contributed by atoms with Crippen molar-refractivity contribution in [3.05, 3.63) is 0 Å². The predicted molar refractivity (Wildman–Crippen MR) is 68.3 cm³/mol. The van der Waals surface area contributed by atoms with E-state index in [1.807, 2.05) is 0 Å². The van der Waals surface area contributed by atoms with Crippen LogP contribution in [0.25, 0.3) is 0 Å². The molecular weight excluding hydrogens is 227 g/mol. The highest BCUT2D eigenvalue weighted by Gasteiger charge is 1.95. The topological polar surface area (TPSA) is 128 Å². The third-order valence-corrected chi connectivity index (χ3v) is 2.50. The summed E-state index contributed by atoms with van der Waals surface area (Å²) in [6.07, 6.45) is 15.0. The van der Waals surface area contributed by atoms with E-state index in [-0.39, 0.29) is 12.3 Å². The fourth-order valence-corrected chi connectivity index (χ4v) is 1.31. The molecule has 0 heterocycles. The van der Waals surface area contributed by atoms with Gasteiger partial charge in [-0.1, -0.05) is 64.2 Å². The molecule has 0 aromatic rings. The zero-order valence-electron chi connectivity index (χ0n) is 10.2. The minimum absolute atomic E-state index is 0. The van der Waals surface area contributed by atoms with Crippen LogP contribution in [-0.2, 0) is 4.57 Å². The molecule has 0 unspecified atom stereocenters. The highest BCUT2D eigenvalue weighted by molar-refractivity contribution is 7.30. The average Bonchev–Trinajstić information content (AvgIpc) is 2.03. The maximum Gasteiger partial charge on any atom is 0.692 e. The van der Waals surface area contributed by atoms with E-state index < -0.39 is 8.25 Å². The molecule has 0 atom stereocenters. The molecule has 0 radical (unpaired) electrons. The quantitative estimate of drug-likeness (QED) is 0.489. The van der Waals surface area contributed by atoms with Gasteiger partial charge >= 0.3 is 8.25 Å². The number of rotatable bonds is 0. The number of hydrogen-bond donors (Lipinski definition) is 4. The third kappa shape index (κ3) is 23.6. The van der Waals surface area contributed by atoms with Crippen molar-refractivity contribution in [1.29, 1.82) is 0 Å². The van der Waals surface area contributed by atoms with E-state index in [1.54, 1.807) is 0 Å². The van der Waals surface area contributed by atoms with Crippen LogP contribution in [0.2, 0.25) is 0 Å². The molecule has 0 bridgehead atoms. The normalized spacial score (nSPS) is 16.6. The monoisotopic (exact) mass is 255 g/mol. The second kappa shape index (κ2) is 17.3. The van der Waals surface area contributed by atoms with Gasteiger partial charge in [-0.15, -0.1) is 9.79 Å². The summed E-state index contributed by atoms with van der Waals surface area (Å²) in [5.74, 6) is 0. The van der Waals surface area contributed by atoms with E-state index in [1.165, 1.54) is 64.2 Å². The van der Waals surface area contributed by atoms with Gasteiger partial charge < -0.3 is 12.3 Å². The Labute approximate surface area is 99.8 Å². The molecule has 6 heteroatoms. The minimum Gasteiger partial charge on any atom is -0.344 e. The zero-order valence-corrected chi connectivity index (χ0v) is 11.1. The fraction of sp³-hybridized carbons (Fsp3) is 1.00. The van der Waals surface area contributed by atoms with Gasteiger partial charge in [-0.2, -0.15) is 0 Å². The van der Waals surface area contributed by atoms with Crippen molar-refractivity contribution in [3.63, 3.8) is 0 Å². The summed E-state index contributed by atoms with van der Waals surface area (Å²) in [7, 11) is -2.87. The highest BCUT2D eigenvalue weighted by atomic mass is 31.1. The first-order chi connectivity index (χ1) is 6.73. The first-order valence-electron chi connectivity index (χ1n) is 5.58. The summed E-state index contributed by atoms with van der Waals surface area (Å²) >= 11 is 0. The summed E-state index contributed by atoms with van der Waals surface area (Å²) in [5.41, 5.74) is 0. The largest absolute Gasteiger partial charge is 0.692 e. The van der Waals surface area contributed by atoms with Gasteiger partial charge in [0.25, 0.3) is 0 Å². The van der Waals surface area contributed by atoms with Gasteiger partial charge in [-0.3, -0.25) is 0 Å². The molecular formula is C10H28N2O3P+. The van der Waals surface area contributed by atoms with E-state index in [2.05, 4.69) is 0 Å².